The summed E-state index contributed by atoms with van der Waals surface area (Å²) in [4.78, 5) is 0. The standard InChI is InChI=1S/C17H25NO2/c1-17(2,3)13-8-12-4-6-19-10-15(12)14(9-13)16-11-20-7-5-18-16/h8-9,16,18H,4-7,10-11H2,1-3H3. The minimum absolute atomic E-state index is 0.178. The van der Waals surface area contributed by atoms with Crippen LogP contribution in [0.25, 0.3) is 0 Å². The molecule has 1 aromatic carbocycles. The van der Waals surface area contributed by atoms with Gasteiger partial charge in [0.2, 0.25) is 0 Å². The zero-order chi connectivity index (χ0) is 14.2. The zero-order valence-electron chi connectivity index (χ0n) is 12.8. The first-order valence-corrected chi connectivity index (χ1v) is 7.61. The van der Waals surface area contributed by atoms with Gasteiger partial charge in [-0.1, -0.05) is 32.9 Å². The molecule has 3 heteroatoms. The van der Waals surface area contributed by atoms with Gasteiger partial charge in [-0.25, -0.2) is 0 Å². The third-order valence-corrected chi connectivity index (χ3v) is 4.30. The number of fused-ring (bicyclic) bond motifs is 1. The van der Waals surface area contributed by atoms with Gasteiger partial charge >= 0.3 is 0 Å². The Morgan fingerprint density at radius 2 is 2.00 bits per heavy atom. The summed E-state index contributed by atoms with van der Waals surface area (Å²) in [6, 6.07) is 5.05. The van der Waals surface area contributed by atoms with Gasteiger partial charge in [-0.3, -0.25) is 0 Å². The molecular weight excluding hydrogens is 250 g/mol. The number of rotatable bonds is 1. The lowest BCUT2D eigenvalue weighted by Crippen LogP contribution is -2.36. The molecule has 3 rings (SSSR count). The maximum absolute atomic E-state index is 5.68. The van der Waals surface area contributed by atoms with Crippen LogP contribution in [0.4, 0.5) is 0 Å². The fraction of sp³-hybridized carbons (Fsp3) is 0.647. The van der Waals surface area contributed by atoms with Crippen molar-refractivity contribution in [3.63, 3.8) is 0 Å². The summed E-state index contributed by atoms with van der Waals surface area (Å²) in [6.45, 7) is 10.9. The lowest BCUT2D eigenvalue weighted by molar-refractivity contribution is 0.0735. The predicted molar refractivity (Wildman–Crippen MR) is 80.1 cm³/mol. The Hall–Kier alpha value is -0.900. The molecule has 2 aliphatic heterocycles. The van der Waals surface area contributed by atoms with Crippen LogP contribution in [-0.2, 0) is 27.9 Å². The topological polar surface area (TPSA) is 30.5 Å². The second-order valence-corrected chi connectivity index (χ2v) is 6.84. The molecule has 20 heavy (non-hydrogen) atoms. The van der Waals surface area contributed by atoms with Crippen molar-refractivity contribution in [2.24, 2.45) is 0 Å². The molecule has 0 spiro atoms. The molecular formula is C17H25NO2. The summed E-state index contributed by atoms with van der Waals surface area (Å²) in [5, 5.41) is 3.58. The zero-order valence-corrected chi connectivity index (χ0v) is 12.8. The highest BCUT2D eigenvalue weighted by Crippen LogP contribution is 2.33. The Kier molecular flexibility index (Phi) is 3.85. The van der Waals surface area contributed by atoms with Gasteiger partial charge < -0.3 is 14.8 Å². The van der Waals surface area contributed by atoms with Crippen LogP contribution in [0.15, 0.2) is 12.1 Å². The van der Waals surface area contributed by atoms with Crippen LogP contribution < -0.4 is 5.32 Å². The average Bonchev–Trinajstić information content (AvgIpc) is 2.46. The van der Waals surface area contributed by atoms with Gasteiger partial charge in [-0.2, -0.15) is 0 Å². The number of ether oxygens (including phenoxy) is 2. The van der Waals surface area contributed by atoms with Crippen molar-refractivity contribution < 1.29 is 9.47 Å². The van der Waals surface area contributed by atoms with E-state index in [2.05, 4.69) is 38.2 Å². The Labute approximate surface area is 121 Å². The summed E-state index contributed by atoms with van der Waals surface area (Å²) in [5.74, 6) is 0. The van der Waals surface area contributed by atoms with Crippen LogP contribution in [0.1, 0.15) is 49.1 Å². The second-order valence-electron chi connectivity index (χ2n) is 6.84. The van der Waals surface area contributed by atoms with E-state index < -0.39 is 0 Å². The molecule has 0 radical (unpaired) electrons. The lowest BCUT2D eigenvalue weighted by atomic mass is 9.81. The van der Waals surface area contributed by atoms with E-state index in [-0.39, 0.29) is 5.41 Å². The van der Waals surface area contributed by atoms with Gasteiger partial charge in [0.15, 0.2) is 0 Å². The summed E-state index contributed by atoms with van der Waals surface area (Å²) in [7, 11) is 0. The van der Waals surface area contributed by atoms with Gasteiger partial charge in [0.1, 0.15) is 0 Å². The second kappa shape index (κ2) is 5.47. The molecule has 3 nitrogen and oxygen atoms in total. The summed E-state index contributed by atoms with van der Waals surface area (Å²) in [6.07, 6.45) is 1.03. The van der Waals surface area contributed by atoms with Crippen molar-refractivity contribution in [3.05, 3.63) is 34.4 Å². The first-order chi connectivity index (χ1) is 9.55. The Morgan fingerprint density at radius 1 is 1.15 bits per heavy atom. The molecule has 0 bridgehead atoms. The monoisotopic (exact) mass is 275 g/mol. The molecule has 0 saturated carbocycles. The number of hydrogen-bond acceptors (Lipinski definition) is 3. The first-order valence-electron chi connectivity index (χ1n) is 7.61. The van der Waals surface area contributed by atoms with E-state index >= 15 is 0 Å². The highest BCUT2D eigenvalue weighted by atomic mass is 16.5. The lowest BCUT2D eigenvalue weighted by Gasteiger charge is -2.31. The maximum Gasteiger partial charge on any atom is 0.0722 e. The fourth-order valence-electron chi connectivity index (χ4n) is 3.02. The van der Waals surface area contributed by atoms with Gasteiger partial charge in [0, 0.05) is 6.54 Å². The van der Waals surface area contributed by atoms with E-state index in [0.29, 0.717) is 6.04 Å². The molecule has 1 fully saturated rings. The largest absolute Gasteiger partial charge is 0.378 e. The molecule has 1 aromatic rings. The first kappa shape index (κ1) is 14.1. The van der Waals surface area contributed by atoms with Crippen LogP contribution in [0.2, 0.25) is 0 Å². The van der Waals surface area contributed by atoms with Crippen LogP contribution >= 0.6 is 0 Å². The van der Waals surface area contributed by atoms with Crippen molar-refractivity contribution in [1.29, 1.82) is 0 Å². The normalized spacial score (nSPS) is 23.4. The number of benzene rings is 1. The molecule has 2 aliphatic rings. The summed E-state index contributed by atoms with van der Waals surface area (Å²) >= 11 is 0. The van der Waals surface area contributed by atoms with Gasteiger partial charge in [0.25, 0.3) is 0 Å². The quantitative estimate of drug-likeness (QED) is 0.855. The molecule has 110 valence electrons. The van der Waals surface area contributed by atoms with Crippen LogP contribution in [0.5, 0.6) is 0 Å². The third kappa shape index (κ3) is 2.76. The van der Waals surface area contributed by atoms with Gasteiger partial charge in [-0.05, 0) is 34.1 Å². The summed E-state index contributed by atoms with van der Waals surface area (Å²) in [5.41, 5.74) is 5.82. The van der Waals surface area contributed by atoms with E-state index in [4.69, 9.17) is 9.47 Å². The summed E-state index contributed by atoms with van der Waals surface area (Å²) < 4.78 is 11.3. The molecule has 1 atom stereocenters. The molecule has 2 heterocycles. The Bertz CT molecular complexity index is 484. The smallest absolute Gasteiger partial charge is 0.0722 e. The average molecular weight is 275 g/mol. The Balaban J connectivity index is 2.05. The van der Waals surface area contributed by atoms with Crippen molar-refractivity contribution in [1.82, 2.24) is 5.32 Å². The van der Waals surface area contributed by atoms with E-state index in [0.717, 1.165) is 39.4 Å². The van der Waals surface area contributed by atoms with E-state index in [1.54, 1.807) is 0 Å². The fourth-order valence-corrected chi connectivity index (χ4v) is 3.02. The van der Waals surface area contributed by atoms with Gasteiger partial charge in [-0.15, -0.1) is 0 Å². The number of nitrogens with one attached hydrogen (secondary N) is 1. The van der Waals surface area contributed by atoms with Crippen molar-refractivity contribution in [3.8, 4) is 0 Å². The van der Waals surface area contributed by atoms with Crippen LogP contribution in [-0.4, -0.2) is 26.4 Å². The SMILES string of the molecule is CC(C)(C)c1cc2c(c(C3COCCN3)c1)COCC2. The Morgan fingerprint density at radius 3 is 2.70 bits per heavy atom. The number of morpholine rings is 1. The molecule has 1 unspecified atom stereocenters. The van der Waals surface area contributed by atoms with Crippen molar-refractivity contribution >= 4 is 0 Å². The third-order valence-electron chi connectivity index (χ3n) is 4.30. The molecule has 0 aromatic heterocycles. The maximum atomic E-state index is 5.68. The molecule has 1 saturated heterocycles. The molecule has 1 N–H and O–H groups in total. The van der Waals surface area contributed by atoms with Crippen LogP contribution in [0, 0.1) is 0 Å². The minimum atomic E-state index is 0.178. The minimum Gasteiger partial charge on any atom is -0.378 e. The van der Waals surface area contributed by atoms with Crippen molar-refractivity contribution in [2.45, 2.75) is 45.3 Å². The van der Waals surface area contributed by atoms with E-state index in [9.17, 15) is 0 Å². The highest BCUT2D eigenvalue weighted by molar-refractivity contribution is 5.44. The van der Waals surface area contributed by atoms with Crippen molar-refractivity contribution in [2.75, 3.05) is 26.4 Å². The highest BCUT2D eigenvalue weighted by Gasteiger charge is 2.25. The van der Waals surface area contributed by atoms with Gasteiger partial charge in [0.05, 0.1) is 32.5 Å². The predicted octanol–water partition coefficient (Wildman–Crippen LogP) is 2.72. The molecule has 0 amide bonds. The van der Waals surface area contributed by atoms with Crippen LogP contribution in [0.3, 0.4) is 0 Å². The van der Waals surface area contributed by atoms with E-state index in [1.165, 1.54) is 22.3 Å². The van der Waals surface area contributed by atoms with E-state index in [1.807, 2.05) is 0 Å². The molecule has 0 aliphatic carbocycles. The number of hydrogen-bond donors (Lipinski definition) is 1.